The molecule has 0 radical (unpaired) electrons. The van der Waals surface area contributed by atoms with Crippen molar-refractivity contribution in [2.75, 3.05) is 6.61 Å². The molecule has 0 atom stereocenters. The van der Waals surface area contributed by atoms with E-state index < -0.39 is 0 Å². The molecule has 0 saturated heterocycles. The highest BCUT2D eigenvalue weighted by Crippen LogP contribution is 2.15. The highest BCUT2D eigenvalue weighted by atomic mass is 16.5. The normalized spacial score (nSPS) is 10.3. The van der Waals surface area contributed by atoms with E-state index in [1.165, 1.54) is 0 Å². The van der Waals surface area contributed by atoms with E-state index >= 15 is 0 Å². The molecule has 0 aliphatic heterocycles. The molecule has 0 saturated carbocycles. The van der Waals surface area contributed by atoms with Gasteiger partial charge in [-0.1, -0.05) is 0 Å². The Morgan fingerprint density at radius 1 is 1.22 bits per heavy atom. The Balaban J connectivity index is 2.29. The van der Waals surface area contributed by atoms with E-state index in [-0.39, 0.29) is 11.5 Å². The summed E-state index contributed by atoms with van der Waals surface area (Å²) in [4.78, 5) is 28.2. The molecule has 0 aliphatic rings. The zero-order chi connectivity index (χ0) is 13.1. The topological polar surface area (TPSA) is 75.0 Å². The maximum atomic E-state index is 12.1. The van der Waals surface area contributed by atoms with Gasteiger partial charge in [-0.2, -0.15) is 0 Å². The maximum absolute atomic E-state index is 12.1. The number of nitrogens with one attached hydrogen (secondary N) is 2. The summed E-state index contributed by atoms with van der Waals surface area (Å²) in [6.45, 7) is 4.16. The molecular weight excluding hydrogens is 232 g/mol. The van der Waals surface area contributed by atoms with E-state index in [0.717, 1.165) is 0 Å². The van der Waals surface area contributed by atoms with Crippen LogP contribution in [0.5, 0.6) is 5.75 Å². The predicted octanol–water partition coefficient (Wildman–Crippen LogP) is 1.64. The number of hydrogen-bond acceptors (Lipinski definition) is 3. The lowest BCUT2D eigenvalue weighted by Gasteiger charge is -2.04. The largest absolute Gasteiger partial charge is 0.494 e. The van der Waals surface area contributed by atoms with Crippen LogP contribution >= 0.6 is 0 Å². The number of aromatic amines is 2. The van der Waals surface area contributed by atoms with Crippen molar-refractivity contribution >= 4 is 5.78 Å². The van der Waals surface area contributed by atoms with Crippen LogP contribution in [0.2, 0.25) is 0 Å². The number of hydrogen-bond donors (Lipinski definition) is 2. The van der Waals surface area contributed by atoms with E-state index in [1.54, 1.807) is 31.2 Å². The van der Waals surface area contributed by atoms with E-state index in [0.29, 0.717) is 29.3 Å². The van der Waals surface area contributed by atoms with Gasteiger partial charge in [0.2, 0.25) is 5.78 Å². The molecule has 2 N–H and O–H groups in total. The van der Waals surface area contributed by atoms with Gasteiger partial charge >= 0.3 is 5.69 Å². The first kappa shape index (κ1) is 12.2. The summed E-state index contributed by atoms with van der Waals surface area (Å²) in [7, 11) is 0. The van der Waals surface area contributed by atoms with E-state index in [4.69, 9.17) is 4.74 Å². The van der Waals surface area contributed by atoms with Gasteiger partial charge in [0.05, 0.1) is 6.61 Å². The second kappa shape index (κ2) is 4.91. The Morgan fingerprint density at radius 3 is 2.39 bits per heavy atom. The standard InChI is InChI=1S/C13H14N2O3/c1-3-18-10-6-4-9(5-7-10)12(16)11-8(2)14-13(17)15-11/h4-7H,3H2,1-2H3,(H2,14,15,17). The number of aryl methyl sites for hydroxylation is 1. The number of rotatable bonds is 4. The first-order valence-corrected chi connectivity index (χ1v) is 5.68. The Labute approximate surface area is 104 Å². The molecule has 5 nitrogen and oxygen atoms in total. The van der Waals surface area contributed by atoms with Gasteiger partial charge in [-0.3, -0.25) is 4.79 Å². The quantitative estimate of drug-likeness (QED) is 0.805. The smallest absolute Gasteiger partial charge is 0.323 e. The van der Waals surface area contributed by atoms with Gasteiger partial charge in [0.1, 0.15) is 11.4 Å². The molecule has 1 heterocycles. The molecule has 2 rings (SSSR count). The average Bonchev–Trinajstić information content (AvgIpc) is 2.69. The van der Waals surface area contributed by atoms with Crippen molar-refractivity contribution in [2.24, 2.45) is 0 Å². The fraction of sp³-hybridized carbons (Fsp3) is 0.231. The molecular formula is C13H14N2O3. The molecule has 0 amide bonds. The van der Waals surface area contributed by atoms with Gasteiger partial charge in [-0.05, 0) is 38.1 Å². The van der Waals surface area contributed by atoms with Crippen LogP contribution < -0.4 is 10.4 Å². The third kappa shape index (κ3) is 2.34. The molecule has 0 aliphatic carbocycles. The lowest BCUT2D eigenvalue weighted by atomic mass is 10.1. The van der Waals surface area contributed by atoms with Crippen LogP contribution in [0.1, 0.15) is 28.7 Å². The maximum Gasteiger partial charge on any atom is 0.323 e. The molecule has 5 heteroatoms. The summed E-state index contributed by atoms with van der Waals surface area (Å²) in [5.74, 6) is 0.502. The van der Waals surface area contributed by atoms with E-state index in [1.807, 2.05) is 6.92 Å². The minimum Gasteiger partial charge on any atom is -0.494 e. The number of aromatic nitrogens is 2. The lowest BCUT2D eigenvalue weighted by Crippen LogP contribution is -2.06. The summed E-state index contributed by atoms with van der Waals surface area (Å²) >= 11 is 0. The summed E-state index contributed by atoms with van der Waals surface area (Å²) in [5, 5.41) is 0. The summed E-state index contributed by atoms with van der Waals surface area (Å²) < 4.78 is 5.30. The van der Waals surface area contributed by atoms with Crippen LogP contribution in [-0.2, 0) is 0 Å². The lowest BCUT2D eigenvalue weighted by molar-refractivity contribution is 0.103. The van der Waals surface area contributed by atoms with Crippen LogP contribution in [0.25, 0.3) is 0 Å². The molecule has 2 aromatic rings. The number of ketones is 1. The van der Waals surface area contributed by atoms with Gasteiger partial charge in [-0.25, -0.2) is 4.79 Å². The number of H-pyrrole nitrogens is 2. The molecule has 0 fully saturated rings. The SMILES string of the molecule is CCOc1ccc(C(=O)c2[nH]c(=O)[nH]c2C)cc1. The number of imidazole rings is 1. The molecule has 1 aromatic carbocycles. The second-order valence-electron chi connectivity index (χ2n) is 3.87. The molecule has 0 unspecified atom stereocenters. The molecule has 1 aromatic heterocycles. The second-order valence-corrected chi connectivity index (χ2v) is 3.87. The Bertz CT molecular complexity index is 608. The van der Waals surface area contributed by atoms with Crippen molar-refractivity contribution in [2.45, 2.75) is 13.8 Å². The number of carbonyl (C=O) groups excluding carboxylic acids is 1. The van der Waals surface area contributed by atoms with Gasteiger partial charge in [0.25, 0.3) is 0 Å². The summed E-state index contributed by atoms with van der Waals surface area (Å²) in [5.41, 5.74) is 0.974. The van der Waals surface area contributed by atoms with Gasteiger partial charge < -0.3 is 14.7 Å². The fourth-order valence-corrected chi connectivity index (χ4v) is 1.71. The number of carbonyl (C=O) groups is 1. The van der Waals surface area contributed by atoms with Crippen molar-refractivity contribution in [3.05, 3.63) is 51.7 Å². The van der Waals surface area contributed by atoms with Crippen molar-refractivity contribution in [1.29, 1.82) is 0 Å². The third-order valence-electron chi connectivity index (χ3n) is 2.57. The van der Waals surface area contributed by atoms with E-state index in [9.17, 15) is 9.59 Å². The number of ether oxygens (including phenoxy) is 1. The third-order valence-corrected chi connectivity index (χ3v) is 2.57. The monoisotopic (exact) mass is 246 g/mol. The highest BCUT2D eigenvalue weighted by molar-refractivity contribution is 6.08. The van der Waals surface area contributed by atoms with Gasteiger partial charge in [0, 0.05) is 11.3 Å². The molecule has 0 spiro atoms. The van der Waals surface area contributed by atoms with Crippen LogP contribution in [0.4, 0.5) is 0 Å². The summed E-state index contributed by atoms with van der Waals surface area (Å²) in [6, 6.07) is 6.82. The van der Waals surface area contributed by atoms with Crippen molar-refractivity contribution in [3.8, 4) is 5.75 Å². The van der Waals surface area contributed by atoms with E-state index in [2.05, 4.69) is 9.97 Å². The number of benzene rings is 1. The van der Waals surface area contributed by atoms with Crippen molar-refractivity contribution in [3.63, 3.8) is 0 Å². The fourth-order valence-electron chi connectivity index (χ4n) is 1.71. The Morgan fingerprint density at radius 2 is 1.89 bits per heavy atom. The predicted molar refractivity (Wildman–Crippen MR) is 67.2 cm³/mol. The molecule has 94 valence electrons. The highest BCUT2D eigenvalue weighted by Gasteiger charge is 2.14. The zero-order valence-corrected chi connectivity index (χ0v) is 10.2. The first-order valence-electron chi connectivity index (χ1n) is 5.68. The minimum absolute atomic E-state index is 0.214. The molecule has 18 heavy (non-hydrogen) atoms. The summed E-state index contributed by atoms with van der Waals surface area (Å²) in [6.07, 6.45) is 0. The Hall–Kier alpha value is -2.30. The van der Waals surface area contributed by atoms with Crippen LogP contribution in [0.3, 0.4) is 0 Å². The van der Waals surface area contributed by atoms with Gasteiger partial charge in [0.15, 0.2) is 0 Å². The zero-order valence-electron chi connectivity index (χ0n) is 10.2. The van der Waals surface area contributed by atoms with Gasteiger partial charge in [-0.15, -0.1) is 0 Å². The Kier molecular flexibility index (Phi) is 3.32. The van der Waals surface area contributed by atoms with Crippen LogP contribution in [-0.4, -0.2) is 22.4 Å². The van der Waals surface area contributed by atoms with Crippen molar-refractivity contribution in [1.82, 2.24) is 9.97 Å². The van der Waals surface area contributed by atoms with Crippen molar-refractivity contribution < 1.29 is 9.53 Å². The minimum atomic E-state index is -0.373. The van der Waals surface area contributed by atoms with Crippen LogP contribution in [0, 0.1) is 6.92 Å². The average molecular weight is 246 g/mol. The first-order chi connectivity index (χ1) is 8.61. The molecule has 0 bridgehead atoms. The van der Waals surface area contributed by atoms with Crippen LogP contribution in [0.15, 0.2) is 29.1 Å².